The van der Waals surface area contributed by atoms with Crippen LogP contribution in [0.4, 0.5) is 11.4 Å². The van der Waals surface area contributed by atoms with Crippen molar-refractivity contribution >= 4 is 22.3 Å². The molecule has 0 aliphatic carbocycles. The third-order valence-electron chi connectivity index (χ3n) is 2.57. The molecule has 0 spiro atoms. The normalized spacial score (nSPS) is 10.5. The molecule has 2 rings (SSSR count). The highest BCUT2D eigenvalue weighted by atomic mass is 16.6. The molecule has 1 heterocycles. The van der Waals surface area contributed by atoms with Gasteiger partial charge >= 0.3 is 0 Å². The number of nitro benzene ring substituents is 1. The number of pyridine rings is 1. The van der Waals surface area contributed by atoms with Gasteiger partial charge in [-0.1, -0.05) is 0 Å². The summed E-state index contributed by atoms with van der Waals surface area (Å²) < 4.78 is 4.95. The number of methoxy groups -OCH3 is 1. The molecule has 0 unspecified atom stereocenters. The van der Waals surface area contributed by atoms with Crippen molar-refractivity contribution in [2.75, 3.05) is 25.6 Å². The average molecular weight is 247 g/mol. The molecule has 1 N–H and O–H groups in total. The molecule has 18 heavy (non-hydrogen) atoms. The van der Waals surface area contributed by atoms with Gasteiger partial charge in [-0.2, -0.15) is 0 Å². The molecule has 0 saturated heterocycles. The topological polar surface area (TPSA) is 77.3 Å². The number of fused-ring (bicyclic) bond motifs is 1. The molecule has 0 fully saturated rings. The average Bonchev–Trinajstić information content (AvgIpc) is 2.38. The highest BCUT2D eigenvalue weighted by molar-refractivity contribution is 5.96. The van der Waals surface area contributed by atoms with Gasteiger partial charge in [0.15, 0.2) is 0 Å². The van der Waals surface area contributed by atoms with Gasteiger partial charge in [0.1, 0.15) is 5.52 Å². The summed E-state index contributed by atoms with van der Waals surface area (Å²) in [5.74, 6) is 0. The number of nitro groups is 1. The van der Waals surface area contributed by atoms with Gasteiger partial charge in [0.2, 0.25) is 0 Å². The summed E-state index contributed by atoms with van der Waals surface area (Å²) in [6.45, 7) is 1.21. The lowest BCUT2D eigenvalue weighted by Gasteiger charge is -2.08. The fourth-order valence-corrected chi connectivity index (χ4v) is 1.75. The Kier molecular flexibility index (Phi) is 3.69. The minimum atomic E-state index is -0.422. The molecular weight excluding hydrogens is 234 g/mol. The molecule has 1 aromatic carbocycles. The summed E-state index contributed by atoms with van der Waals surface area (Å²) in [6.07, 6.45) is 1.55. The number of non-ortho nitro benzene ring substituents is 1. The zero-order chi connectivity index (χ0) is 13.0. The van der Waals surface area contributed by atoms with Crippen molar-refractivity contribution in [2.45, 2.75) is 0 Å². The van der Waals surface area contributed by atoms with Crippen LogP contribution in [0.15, 0.2) is 30.5 Å². The molecule has 94 valence electrons. The van der Waals surface area contributed by atoms with Crippen LogP contribution in [0.2, 0.25) is 0 Å². The van der Waals surface area contributed by atoms with E-state index in [1.165, 1.54) is 6.07 Å². The van der Waals surface area contributed by atoms with Crippen molar-refractivity contribution in [3.8, 4) is 0 Å². The largest absolute Gasteiger partial charge is 0.383 e. The second-order valence-electron chi connectivity index (χ2n) is 3.71. The van der Waals surface area contributed by atoms with Crippen molar-refractivity contribution < 1.29 is 9.66 Å². The van der Waals surface area contributed by atoms with E-state index in [0.29, 0.717) is 18.7 Å². The van der Waals surface area contributed by atoms with Gasteiger partial charge in [0, 0.05) is 37.0 Å². The van der Waals surface area contributed by atoms with Gasteiger partial charge in [-0.25, -0.2) is 4.98 Å². The summed E-state index contributed by atoms with van der Waals surface area (Å²) in [5.41, 5.74) is 1.23. The summed E-state index contributed by atoms with van der Waals surface area (Å²) >= 11 is 0. The first kappa shape index (κ1) is 12.3. The van der Waals surface area contributed by atoms with Crippen molar-refractivity contribution in [1.82, 2.24) is 4.98 Å². The van der Waals surface area contributed by atoms with E-state index in [0.717, 1.165) is 11.1 Å². The van der Waals surface area contributed by atoms with E-state index in [9.17, 15) is 10.1 Å². The van der Waals surface area contributed by atoms with Crippen LogP contribution in [0.25, 0.3) is 10.9 Å². The maximum Gasteiger partial charge on any atom is 0.295 e. The van der Waals surface area contributed by atoms with E-state index in [1.54, 1.807) is 25.4 Å². The molecular formula is C12H13N3O3. The van der Waals surface area contributed by atoms with Crippen LogP contribution in [-0.4, -0.2) is 30.2 Å². The van der Waals surface area contributed by atoms with Gasteiger partial charge in [0.25, 0.3) is 5.69 Å². The molecule has 0 atom stereocenters. The lowest BCUT2D eigenvalue weighted by molar-refractivity contribution is -0.383. The second kappa shape index (κ2) is 5.42. The molecule has 2 aromatic rings. The first-order chi connectivity index (χ1) is 8.74. The Bertz CT molecular complexity index is 571. The van der Waals surface area contributed by atoms with Crippen LogP contribution in [0.5, 0.6) is 0 Å². The SMILES string of the molecule is COCCNc1ccc([N+](=O)[O-])c2ncccc12. The van der Waals surface area contributed by atoms with Gasteiger partial charge in [-0.15, -0.1) is 0 Å². The van der Waals surface area contributed by atoms with Gasteiger partial charge in [-0.05, 0) is 18.2 Å². The van der Waals surface area contributed by atoms with E-state index in [1.807, 2.05) is 6.07 Å². The Hall–Kier alpha value is -2.21. The number of benzene rings is 1. The maximum absolute atomic E-state index is 10.9. The van der Waals surface area contributed by atoms with E-state index in [4.69, 9.17) is 4.74 Å². The van der Waals surface area contributed by atoms with E-state index in [2.05, 4.69) is 10.3 Å². The fraction of sp³-hybridized carbons (Fsp3) is 0.250. The van der Waals surface area contributed by atoms with Crippen LogP contribution in [-0.2, 0) is 4.74 Å². The second-order valence-corrected chi connectivity index (χ2v) is 3.71. The molecule has 0 bridgehead atoms. The smallest absolute Gasteiger partial charge is 0.295 e. The zero-order valence-electron chi connectivity index (χ0n) is 9.92. The van der Waals surface area contributed by atoms with Crippen LogP contribution in [0, 0.1) is 10.1 Å². The van der Waals surface area contributed by atoms with Gasteiger partial charge in [0.05, 0.1) is 11.5 Å². The Morgan fingerprint density at radius 2 is 2.28 bits per heavy atom. The monoisotopic (exact) mass is 247 g/mol. The highest BCUT2D eigenvalue weighted by Crippen LogP contribution is 2.29. The summed E-state index contributed by atoms with van der Waals surface area (Å²) in [6, 6.07) is 6.72. The van der Waals surface area contributed by atoms with E-state index in [-0.39, 0.29) is 5.69 Å². The Labute approximate surface area is 104 Å². The molecule has 6 heteroatoms. The van der Waals surface area contributed by atoms with Crippen LogP contribution in [0.1, 0.15) is 0 Å². The molecule has 0 aliphatic rings. The van der Waals surface area contributed by atoms with Gasteiger partial charge < -0.3 is 10.1 Å². The quantitative estimate of drug-likeness (QED) is 0.498. The summed E-state index contributed by atoms with van der Waals surface area (Å²) in [7, 11) is 1.62. The number of anilines is 1. The molecule has 0 radical (unpaired) electrons. The maximum atomic E-state index is 10.9. The molecule has 0 aliphatic heterocycles. The third kappa shape index (κ3) is 2.38. The molecule has 0 saturated carbocycles. The van der Waals surface area contributed by atoms with Crippen LogP contribution >= 0.6 is 0 Å². The number of rotatable bonds is 5. The summed E-state index contributed by atoms with van der Waals surface area (Å²) in [5, 5.41) is 14.8. The van der Waals surface area contributed by atoms with Crippen LogP contribution in [0.3, 0.4) is 0 Å². The Morgan fingerprint density at radius 1 is 1.44 bits per heavy atom. The standard InChI is InChI=1S/C12H13N3O3/c1-18-8-7-13-10-4-5-11(15(16)17)12-9(10)3-2-6-14-12/h2-6,13H,7-8H2,1H3. The Morgan fingerprint density at radius 3 is 3.00 bits per heavy atom. The first-order valence-electron chi connectivity index (χ1n) is 5.49. The lowest BCUT2D eigenvalue weighted by Crippen LogP contribution is -2.08. The number of nitrogens with one attached hydrogen (secondary N) is 1. The number of aromatic nitrogens is 1. The third-order valence-corrected chi connectivity index (χ3v) is 2.57. The first-order valence-corrected chi connectivity index (χ1v) is 5.49. The van der Waals surface area contributed by atoms with Crippen molar-refractivity contribution in [1.29, 1.82) is 0 Å². The number of ether oxygens (including phenoxy) is 1. The fourth-order valence-electron chi connectivity index (χ4n) is 1.75. The lowest BCUT2D eigenvalue weighted by atomic mass is 10.1. The molecule has 0 amide bonds. The van der Waals surface area contributed by atoms with Gasteiger partial charge in [-0.3, -0.25) is 10.1 Å². The minimum absolute atomic E-state index is 0.0166. The summed E-state index contributed by atoms with van der Waals surface area (Å²) in [4.78, 5) is 14.6. The number of hydrogen-bond acceptors (Lipinski definition) is 5. The van der Waals surface area contributed by atoms with Crippen molar-refractivity contribution in [2.24, 2.45) is 0 Å². The van der Waals surface area contributed by atoms with Crippen LogP contribution < -0.4 is 5.32 Å². The zero-order valence-corrected chi connectivity index (χ0v) is 9.92. The number of nitrogens with zero attached hydrogens (tertiary/aromatic N) is 2. The van der Waals surface area contributed by atoms with E-state index >= 15 is 0 Å². The van der Waals surface area contributed by atoms with Crippen molar-refractivity contribution in [3.05, 3.63) is 40.6 Å². The minimum Gasteiger partial charge on any atom is -0.383 e. The Balaban J connectivity index is 2.44. The predicted octanol–water partition coefficient (Wildman–Crippen LogP) is 2.20. The predicted molar refractivity (Wildman–Crippen MR) is 68.8 cm³/mol. The number of hydrogen-bond donors (Lipinski definition) is 1. The highest BCUT2D eigenvalue weighted by Gasteiger charge is 2.14. The molecule has 6 nitrogen and oxygen atoms in total. The molecule has 1 aromatic heterocycles. The van der Waals surface area contributed by atoms with Crippen molar-refractivity contribution in [3.63, 3.8) is 0 Å². The van der Waals surface area contributed by atoms with E-state index < -0.39 is 4.92 Å².